The second kappa shape index (κ2) is 5.64. The van der Waals surface area contributed by atoms with Crippen molar-refractivity contribution in [3.63, 3.8) is 0 Å². The molecule has 1 aromatic rings. The number of nitrogens with zero attached hydrogens (tertiary/aromatic N) is 1. The van der Waals surface area contributed by atoms with E-state index in [1.807, 2.05) is 6.07 Å². The van der Waals surface area contributed by atoms with Crippen LogP contribution in [0.15, 0.2) is 12.1 Å². The molecule has 0 unspecified atom stereocenters. The maximum atomic E-state index is 12.5. The van der Waals surface area contributed by atoms with Crippen LogP contribution in [0.1, 0.15) is 56.6 Å². The van der Waals surface area contributed by atoms with Gasteiger partial charge in [-0.1, -0.05) is 20.8 Å². The van der Waals surface area contributed by atoms with Gasteiger partial charge in [0.2, 0.25) is 0 Å². The fourth-order valence-corrected chi connectivity index (χ4v) is 2.36. The first-order chi connectivity index (χ1) is 9.70. The van der Waals surface area contributed by atoms with E-state index in [4.69, 9.17) is 10.5 Å². The van der Waals surface area contributed by atoms with Crippen molar-refractivity contribution in [1.29, 1.82) is 0 Å². The maximum absolute atomic E-state index is 12.5. The first-order valence-corrected chi connectivity index (χ1v) is 7.38. The van der Waals surface area contributed by atoms with Gasteiger partial charge in [-0.05, 0) is 31.9 Å². The van der Waals surface area contributed by atoms with E-state index in [1.165, 1.54) is 0 Å². The number of carbonyl (C=O) groups excluding carboxylic acids is 1. The SMILES string of the molecule is CC1(NC(=O)c2cc(N)nc(C(C)(C)C)c2)CCOCC1. The van der Waals surface area contributed by atoms with Gasteiger partial charge in [-0.25, -0.2) is 4.98 Å². The van der Waals surface area contributed by atoms with Crippen molar-refractivity contribution in [1.82, 2.24) is 10.3 Å². The van der Waals surface area contributed by atoms with Crippen LogP contribution in [0.25, 0.3) is 0 Å². The van der Waals surface area contributed by atoms with Gasteiger partial charge in [-0.2, -0.15) is 0 Å². The molecule has 0 atom stereocenters. The van der Waals surface area contributed by atoms with Crippen LogP contribution in [-0.4, -0.2) is 29.6 Å². The lowest BCUT2D eigenvalue weighted by molar-refractivity contribution is 0.0423. The molecule has 0 radical (unpaired) electrons. The van der Waals surface area contributed by atoms with Gasteiger partial charge in [0.25, 0.3) is 5.91 Å². The first-order valence-electron chi connectivity index (χ1n) is 7.38. The molecule has 5 heteroatoms. The fraction of sp³-hybridized carbons (Fsp3) is 0.625. The molecule has 0 spiro atoms. The van der Waals surface area contributed by atoms with Crippen molar-refractivity contribution in [2.75, 3.05) is 18.9 Å². The normalized spacial score (nSPS) is 18.3. The van der Waals surface area contributed by atoms with E-state index in [2.05, 4.69) is 38.0 Å². The number of aromatic nitrogens is 1. The molecule has 1 saturated heterocycles. The number of pyridine rings is 1. The molecule has 0 aliphatic carbocycles. The highest BCUT2D eigenvalue weighted by Gasteiger charge is 2.29. The Morgan fingerprint density at radius 3 is 2.52 bits per heavy atom. The van der Waals surface area contributed by atoms with Gasteiger partial charge < -0.3 is 15.8 Å². The molecule has 21 heavy (non-hydrogen) atoms. The molecule has 2 heterocycles. The quantitative estimate of drug-likeness (QED) is 0.876. The molecular formula is C16H25N3O2. The summed E-state index contributed by atoms with van der Waals surface area (Å²) in [5.74, 6) is 0.281. The minimum atomic E-state index is -0.213. The molecule has 0 bridgehead atoms. The number of hydrogen-bond donors (Lipinski definition) is 2. The molecule has 0 saturated carbocycles. The summed E-state index contributed by atoms with van der Waals surface area (Å²) in [6, 6.07) is 3.46. The topological polar surface area (TPSA) is 77.2 Å². The third kappa shape index (κ3) is 3.94. The zero-order valence-electron chi connectivity index (χ0n) is 13.3. The predicted octanol–water partition coefficient (Wildman–Crippen LogP) is 2.26. The third-order valence-electron chi connectivity index (χ3n) is 3.89. The second-order valence-corrected chi connectivity index (χ2v) is 7.04. The smallest absolute Gasteiger partial charge is 0.251 e. The molecule has 5 nitrogen and oxygen atoms in total. The Bertz CT molecular complexity index is 529. The zero-order chi connectivity index (χ0) is 15.7. The molecule has 1 amide bonds. The number of amides is 1. The average Bonchev–Trinajstić information content (AvgIpc) is 2.37. The highest BCUT2D eigenvalue weighted by molar-refractivity contribution is 5.95. The Kier molecular flexibility index (Phi) is 4.23. The molecule has 0 aromatic carbocycles. The largest absolute Gasteiger partial charge is 0.384 e. The lowest BCUT2D eigenvalue weighted by Crippen LogP contribution is -2.49. The number of nitrogens with two attached hydrogens (primary N) is 1. The van der Waals surface area contributed by atoms with E-state index in [0.717, 1.165) is 18.5 Å². The van der Waals surface area contributed by atoms with Crippen molar-refractivity contribution >= 4 is 11.7 Å². The number of anilines is 1. The van der Waals surface area contributed by atoms with Gasteiger partial charge in [0.05, 0.1) is 0 Å². The minimum Gasteiger partial charge on any atom is -0.384 e. The zero-order valence-corrected chi connectivity index (χ0v) is 13.3. The number of rotatable bonds is 2. The van der Waals surface area contributed by atoms with Crippen LogP contribution in [0.4, 0.5) is 5.82 Å². The third-order valence-corrected chi connectivity index (χ3v) is 3.89. The number of carbonyl (C=O) groups is 1. The molecule has 1 fully saturated rings. The van der Waals surface area contributed by atoms with E-state index in [-0.39, 0.29) is 16.9 Å². The number of nitrogens with one attached hydrogen (secondary N) is 1. The van der Waals surface area contributed by atoms with E-state index in [1.54, 1.807) is 6.07 Å². The summed E-state index contributed by atoms with van der Waals surface area (Å²) in [4.78, 5) is 16.8. The summed E-state index contributed by atoms with van der Waals surface area (Å²) >= 11 is 0. The average molecular weight is 291 g/mol. The van der Waals surface area contributed by atoms with Crippen molar-refractivity contribution in [3.05, 3.63) is 23.4 Å². The lowest BCUT2D eigenvalue weighted by atomic mass is 9.90. The molecular weight excluding hydrogens is 266 g/mol. The van der Waals surface area contributed by atoms with Crippen molar-refractivity contribution in [3.8, 4) is 0 Å². The molecule has 116 valence electrons. The molecule has 2 rings (SSSR count). The van der Waals surface area contributed by atoms with Crippen LogP contribution >= 0.6 is 0 Å². The number of hydrogen-bond acceptors (Lipinski definition) is 4. The molecule has 1 aliphatic rings. The van der Waals surface area contributed by atoms with Gasteiger partial charge in [-0.3, -0.25) is 4.79 Å². The summed E-state index contributed by atoms with van der Waals surface area (Å²) < 4.78 is 5.35. The van der Waals surface area contributed by atoms with Gasteiger partial charge in [0.1, 0.15) is 5.82 Å². The Morgan fingerprint density at radius 2 is 1.95 bits per heavy atom. The van der Waals surface area contributed by atoms with Crippen molar-refractivity contribution in [2.24, 2.45) is 0 Å². The van der Waals surface area contributed by atoms with E-state index >= 15 is 0 Å². The lowest BCUT2D eigenvalue weighted by Gasteiger charge is -2.34. The number of ether oxygens (including phenoxy) is 1. The standard InChI is InChI=1S/C16H25N3O2/c1-15(2,3)12-9-11(10-13(17)18-12)14(20)19-16(4)5-7-21-8-6-16/h9-10H,5-8H2,1-4H3,(H2,17,18)(H,19,20). The van der Waals surface area contributed by atoms with Crippen LogP contribution < -0.4 is 11.1 Å². The summed E-state index contributed by atoms with van der Waals surface area (Å²) in [7, 11) is 0. The maximum Gasteiger partial charge on any atom is 0.251 e. The van der Waals surface area contributed by atoms with Crippen LogP contribution in [-0.2, 0) is 10.2 Å². The Balaban J connectivity index is 2.21. The summed E-state index contributed by atoms with van der Waals surface area (Å²) in [5, 5.41) is 3.12. The van der Waals surface area contributed by atoms with Gasteiger partial charge in [0.15, 0.2) is 0 Å². The summed E-state index contributed by atoms with van der Waals surface area (Å²) in [6.45, 7) is 9.58. The Morgan fingerprint density at radius 1 is 1.33 bits per heavy atom. The molecule has 1 aromatic heterocycles. The van der Waals surface area contributed by atoms with E-state index < -0.39 is 0 Å². The van der Waals surface area contributed by atoms with Gasteiger partial charge in [-0.15, -0.1) is 0 Å². The number of nitrogen functional groups attached to an aromatic ring is 1. The Hall–Kier alpha value is -1.62. The van der Waals surface area contributed by atoms with E-state index in [0.29, 0.717) is 24.6 Å². The van der Waals surface area contributed by atoms with Gasteiger partial charge in [0, 0.05) is 35.4 Å². The highest BCUT2D eigenvalue weighted by atomic mass is 16.5. The van der Waals surface area contributed by atoms with Crippen molar-refractivity contribution < 1.29 is 9.53 Å². The fourth-order valence-electron chi connectivity index (χ4n) is 2.36. The van der Waals surface area contributed by atoms with Crippen molar-refractivity contribution in [2.45, 2.75) is 51.5 Å². The van der Waals surface area contributed by atoms with Crippen LogP contribution in [0.2, 0.25) is 0 Å². The minimum absolute atomic E-state index is 0.0981. The van der Waals surface area contributed by atoms with E-state index in [9.17, 15) is 4.79 Å². The van der Waals surface area contributed by atoms with Crippen LogP contribution in [0.3, 0.4) is 0 Å². The Labute approximate surface area is 126 Å². The first kappa shape index (κ1) is 15.8. The molecule has 1 aliphatic heterocycles. The van der Waals surface area contributed by atoms with Gasteiger partial charge >= 0.3 is 0 Å². The van der Waals surface area contributed by atoms with Crippen LogP contribution in [0.5, 0.6) is 0 Å². The monoisotopic (exact) mass is 291 g/mol. The molecule has 3 N–H and O–H groups in total. The predicted molar refractivity (Wildman–Crippen MR) is 83.3 cm³/mol. The summed E-state index contributed by atoms with van der Waals surface area (Å²) in [5.41, 5.74) is 6.88. The second-order valence-electron chi connectivity index (χ2n) is 7.04. The van der Waals surface area contributed by atoms with Crippen LogP contribution in [0, 0.1) is 0 Å². The summed E-state index contributed by atoms with van der Waals surface area (Å²) in [6.07, 6.45) is 1.65. The highest BCUT2D eigenvalue weighted by Crippen LogP contribution is 2.24.